The highest BCUT2D eigenvalue weighted by Crippen LogP contribution is 2.35. The zero-order valence-electron chi connectivity index (χ0n) is 25.4. The van der Waals surface area contributed by atoms with Gasteiger partial charge in [0, 0.05) is 12.8 Å². The summed E-state index contributed by atoms with van der Waals surface area (Å²) in [4.78, 5) is 49.9. The highest BCUT2D eigenvalue weighted by molar-refractivity contribution is 5.82. The largest absolute Gasteiger partial charge is 0.508 e. The molecule has 1 aromatic rings. The molecule has 0 aliphatic heterocycles. The van der Waals surface area contributed by atoms with E-state index in [1.54, 1.807) is 33.8 Å². The summed E-state index contributed by atoms with van der Waals surface area (Å²) in [5, 5.41) is 9.98. The van der Waals surface area contributed by atoms with Crippen LogP contribution in [0.5, 0.6) is 11.5 Å². The number of carbonyl (C=O) groups excluding carboxylic acids is 3. The third kappa shape index (κ3) is 10.1. The molecule has 10 nitrogen and oxygen atoms in total. The van der Waals surface area contributed by atoms with Crippen molar-refractivity contribution < 1.29 is 43.2 Å². The lowest BCUT2D eigenvalue weighted by Crippen LogP contribution is -2.52. The average molecular weight is 566 g/mol. The Morgan fingerprint density at radius 1 is 0.900 bits per heavy atom. The van der Waals surface area contributed by atoms with Crippen molar-refractivity contribution in [3.05, 3.63) is 23.8 Å². The molecule has 0 aromatic heterocycles. The van der Waals surface area contributed by atoms with Crippen LogP contribution in [0.3, 0.4) is 0 Å². The van der Waals surface area contributed by atoms with E-state index in [1.165, 1.54) is 19.1 Å². The number of ether oxygens (including phenoxy) is 4. The predicted molar refractivity (Wildman–Crippen MR) is 150 cm³/mol. The second-order valence-corrected chi connectivity index (χ2v) is 11.9. The maximum absolute atomic E-state index is 12.9. The minimum absolute atomic E-state index is 0.0186. The van der Waals surface area contributed by atoms with Crippen LogP contribution in [0.25, 0.3) is 0 Å². The molecule has 0 amide bonds. The number of carboxylic acid groups (broad SMARTS) is 1. The molecule has 3 atom stereocenters. The van der Waals surface area contributed by atoms with Crippen molar-refractivity contribution in [3.63, 3.8) is 0 Å². The van der Waals surface area contributed by atoms with E-state index >= 15 is 0 Å². The van der Waals surface area contributed by atoms with E-state index in [1.807, 2.05) is 27.7 Å². The average Bonchev–Trinajstić information content (AvgIpc) is 2.88. The van der Waals surface area contributed by atoms with Gasteiger partial charge in [-0.15, -0.1) is 0 Å². The van der Waals surface area contributed by atoms with Crippen molar-refractivity contribution in [2.75, 3.05) is 6.61 Å². The summed E-state index contributed by atoms with van der Waals surface area (Å²) < 4.78 is 21.6. The second kappa shape index (κ2) is 14.5. The van der Waals surface area contributed by atoms with Gasteiger partial charge in [-0.25, -0.2) is 4.79 Å². The van der Waals surface area contributed by atoms with E-state index in [4.69, 9.17) is 24.7 Å². The Hall–Kier alpha value is -3.14. The molecule has 2 unspecified atom stereocenters. The summed E-state index contributed by atoms with van der Waals surface area (Å²) in [7, 11) is 0. The smallest absolute Gasteiger partial charge is 0.480 e. The van der Waals surface area contributed by atoms with Crippen LogP contribution in [0.2, 0.25) is 0 Å². The van der Waals surface area contributed by atoms with Crippen LogP contribution >= 0.6 is 0 Å². The minimum atomic E-state index is -1.83. The summed E-state index contributed by atoms with van der Waals surface area (Å²) in [5.41, 5.74) is 3.31. The molecule has 10 heteroatoms. The van der Waals surface area contributed by atoms with Gasteiger partial charge in [-0.2, -0.15) is 0 Å². The molecule has 0 heterocycles. The van der Waals surface area contributed by atoms with Gasteiger partial charge in [-0.05, 0) is 71.1 Å². The lowest BCUT2D eigenvalue weighted by Gasteiger charge is -2.28. The fourth-order valence-electron chi connectivity index (χ4n) is 3.27. The van der Waals surface area contributed by atoms with Crippen LogP contribution in [0.1, 0.15) is 93.6 Å². The molecule has 1 rings (SSSR count). The summed E-state index contributed by atoms with van der Waals surface area (Å²) >= 11 is 0. The van der Waals surface area contributed by atoms with Crippen LogP contribution in [-0.4, -0.2) is 47.4 Å². The van der Waals surface area contributed by atoms with Gasteiger partial charge in [-0.3, -0.25) is 14.4 Å². The first kappa shape index (κ1) is 34.9. The topological polar surface area (TPSA) is 151 Å². The molecule has 0 radical (unpaired) electrons. The molecular formula is C30H47NO9. The number of hydrogen-bond acceptors (Lipinski definition) is 9. The standard InChI is InChI=1S/C30H47NO9/c1-10-19(4)18-37-27(36)38-20(5)16-30(31,24(32)33)17-21-13-14-22(39-25(34)28(6,7)11-2)23(15-21)40-26(35)29(8,9)12-3/h13-15,19-20H,10-12,16-18,31H2,1-9H3,(H,32,33)/t19?,20-,30?/m0/s1. The first-order valence-corrected chi connectivity index (χ1v) is 13.8. The molecule has 0 spiro atoms. The highest BCUT2D eigenvalue weighted by Gasteiger charge is 2.38. The van der Waals surface area contributed by atoms with Gasteiger partial charge < -0.3 is 29.8 Å². The maximum Gasteiger partial charge on any atom is 0.508 e. The zero-order valence-corrected chi connectivity index (χ0v) is 25.4. The third-order valence-corrected chi connectivity index (χ3v) is 7.36. The monoisotopic (exact) mass is 565 g/mol. The van der Waals surface area contributed by atoms with Crippen molar-refractivity contribution in [2.45, 2.75) is 106 Å². The van der Waals surface area contributed by atoms with Crippen LogP contribution in [0.15, 0.2) is 18.2 Å². The molecular weight excluding hydrogens is 518 g/mol. The van der Waals surface area contributed by atoms with Crippen molar-refractivity contribution in [1.29, 1.82) is 0 Å². The molecule has 40 heavy (non-hydrogen) atoms. The fourth-order valence-corrected chi connectivity index (χ4v) is 3.27. The predicted octanol–water partition coefficient (Wildman–Crippen LogP) is 5.67. The number of rotatable bonds is 15. The van der Waals surface area contributed by atoms with Gasteiger partial charge >= 0.3 is 24.1 Å². The molecule has 3 N–H and O–H groups in total. The summed E-state index contributed by atoms with van der Waals surface area (Å²) in [6.07, 6.45) is -0.281. The van der Waals surface area contributed by atoms with E-state index < -0.39 is 46.5 Å². The number of esters is 2. The van der Waals surface area contributed by atoms with Gasteiger partial charge in [0.15, 0.2) is 11.5 Å². The van der Waals surface area contributed by atoms with Crippen LogP contribution in [-0.2, 0) is 30.3 Å². The lowest BCUT2D eigenvalue weighted by molar-refractivity contribution is -0.147. The first-order chi connectivity index (χ1) is 18.4. The van der Waals surface area contributed by atoms with Crippen molar-refractivity contribution in [3.8, 4) is 11.5 Å². The second-order valence-electron chi connectivity index (χ2n) is 11.9. The van der Waals surface area contributed by atoms with Crippen LogP contribution in [0, 0.1) is 16.7 Å². The highest BCUT2D eigenvalue weighted by atomic mass is 16.7. The Balaban J connectivity index is 3.25. The Morgan fingerprint density at radius 3 is 1.90 bits per heavy atom. The number of aliphatic carboxylic acids is 1. The Labute approximate surface area is 237 Å². The van der Waals surface area contributed by atoms with Gasteiger partial charge in [-0.1, -0.05) is 40.2 Å². The van der Waals surface area contributed by atoms with E-state index in [0.717, 1.165) is 6.42 Å². The van der Waals surface area contributed by atoms with Gasteiger partial charge in [0.05, 0.1) is 17.4 Å². The lowest BCUT2D eigenvalue weighted by atomic mass is 9.86. The number of nitrogens with two attached hydrogens (primary N) is 1. The van der Waals surface area contributed by atoms with Crippen LogP contribution in [0.4, 0.5) is 4.79 Å². The minimum Gasteiger partial charge on any atom is -0.480 e. The quantitative estimate of drug-likeness (QED) is 0.201. The van der Waals surface area contributed by atoms with E-state index in [0.29, 0.717) is 18.4 Å². The van der Waals surface area contributed by atoms with E-state index in [9.17, 15) is 24.3 Å². The molecule has 0 bridgehead atoms. The molecule has 0 aliphatic carbocycles. The van der Waals surface area contributed by atoms with Crippen molar-refractivity contribution in [2.24, 2.45) is 22.5 Å². The van der Waals surface area contributed by atoms with Crippen molar-refractivity contribution >= 4 is 24.1 Å². The Kier molecular flexibility index (Phi) is 12.6. The maximum atomic E-state index is 12.9. The van der Waals surface area contributed by atoms with E-state index in [-0.39, 0.29) is 36.9 Å². The van der Waals surface area contributed by atoms with Crippen LogP contribution < -0.4 is 15.2 Å². The summed E-state index contributed by atoms with van der Waals surface area (Å²) in [6.45, 7) is 16.3. The molecule has 226 valence electrons. The van der Waals surface area contributed by atoms with Gasteiger partial charge in [0.25, 0.3) is 0 Å². The normalized spacial score (nSPS) is 14.8. The fraction of sp³-hybridized carbons (Fsp3) is 0.667. The van der Waals surface area contributed by atoms with Gasteiger partial charge in [0.2, 0.25) is 0 Å². The number of carbonyl (C=O) groups is 4. The zero-order chi connectivity index (χ0) is 30.9. The van der Waals surface area contributed by atoms with E-state index in [2.05, 4.69) is 0 Å². The Bertz CT molecular complexity index is 1050. The molecule has 0 saturated carbocycles. The first-order valence-electron chi connectivity index (χ1n) is 13.8. The molecule has 1 aromatic carbocycles. The molecule has 0 saturated heterocycles. The third-order valence-electron chi connectivity index (χ3n) is 7.36. The Morgan fingerprint density at radius 2 is 1.43 bits per heavy atom. The number of benzene rings is 1. The summed E-state index contributed by atoms with van der Waals surface area (Å²) in [5.74, 6) is -2.16. The summed E-state index contributed by atoms with van der Waals surface area (Å²) in [6, 6.07) is 4.46. The van der Waals surface area contributed by atoms with Gasteiger partial charge in [0.1, 0.15) is 11.6 Å². The number of hydrogen-bond donors (Lipinski definition) is 2. The molecule has 0 aliphatic rings. The SMILES string of the molecule is CCC(C)COC(=O)O[C@@H](C)CC(N)(Cc1ccc(OC(=O)C(C)(C)CC)c(OC(=O)C(C)(C)CC)c1)C(=O)O. The van der Waals surface area contributed by atoms with Crippen molar-refractivity contribution in [1.82, 2.24) is 0 Å². The number of carboxylic acids is 1. The molecule has 0 fully saturated rings.